The van der Waals surface area contributed by atoms with Crippen molar-refractivity contribution in [3.8, 4) is 0 Å². The molecule has 1 aromatic rings. The number of aromatic nitrogens is 1. The molecule has 2 rings (SSSR count). The van der Waals surface area contributed by atoms with Gasteiger partial charge in [0.25, 0.3) is 11.3 Å². The first kappa shape index (κ1) is 15.0. The van der Waals surface area contributed by atoms with Crippen LogP contribution < -0.4 is 16.0 Å². The minimum absolute atomic E-state index is 0.0588. The quantitative estimate of drug-likeness (QED) is 0.678. The van der Waals surface area contributed by atoms with Crippen LogP contribution in [0.5, 0.6) is 0 Å². The Bertz CT molecular complexity index is 798. The van der Waals surface area contributed by atoms with Gasteiger partial charge >= 0.3 is 0 Å². The van der Waals surface area contributed by atoms with E-state index < -0.39 is 4.92 Å². The van der Waals surface area contributed by atoms with Crippen molar-refractivity contribution in [3.63, 3.8) is 0 Å². The Morgan fingerprint density at radius 2 is 2.19 bits per heavy atom. The third-order valence-corrected chi connectivity index (χ3v) is 3.54. The van der Waals surface area contributed by atoms with E-state index in [4.69, 9.17) is 0 Å². The fraction of sp³-hybridized carbons (Fsp3) is 0.312. The fourth-order valence-corrected chi connectivity index (χ4v) is 2.56. The highest BCUT2D eigenvalue weighted by Gasteiger charge is 2.13. The molecular formula is C16H18N2O3. The molecule has 0 radical (unpaired) electrons. The van der Waals surface area contributed by atoms with E-state index in [0.717, 1.165) is 24.8 Å². The average molecular weight is 286 g/mol. The van der Waals surface area contributed by atoms with Crippen LogP contribution in [-0.4, -0.2) is 9.91 Å². The molecule has 21 heavy (non-hydrogen) atoms. The lowest BCUT2D eigenvalue weighted by Gasteiger charge is -2.03. The number of nitrogens with one attached hydrogen (secondary N) is 1. The number of rotatable bonds is 3. The van der Waals surface area contributed by atoms with Crippen molar-refractivity contribution in [1.29, 1.82) is 0 Å². The lowest BCUT2D eigenvalue weighted by molar-refractivity contribution is -0.375. The molecular weight excluding hydrogens is 268 g/mol. The summed E-state index contributed by atoms with van der Waals surface area (Å²) in [5.74, 6) is 0. The van der Waals surface area contributed by atoms with Crippen molar-refractivity contribution < 1.29 is 4.92 Å². The van der Waals surface area contributed by atoms with Gasteiger partial charge in [0.2, 0.25) is 0 Å². The van der Waals surface area contributed by atoms with Gasteiger partial charge in [0, 0.05) is 17.0 Å². The van der Waals surface area contributed by atoms with Crippen molar-refractivity contribution in [2.24, 2.45) is 0 Å². The summed E-state index contributed by atoms with van der Waals surface area (Å²) >= 11 is 0. The van der Waals surface area contributed by atoms with E-state index in [0.29, 0.717) is 16.1 Å². The number of hydrogen-bond acceptors (Lipinski definition) is 3. The van der Waals surface area contributed by atoms with Crippen LogP contribution in [0.2, 0.25) is 0 Å². The van der Waals surface area contributed by atoms with Gasteiger partial charge in [-0.05, 0) is 44.7 Å². The Kier molecular flexibility index (Phi) is 4.52. The highest BCUT2D eigenvalue weighted by molar-refractivity contribution is 5.65. The first-order valence-corrected chi connectivity index (χ1v) is 6.99. The first-order valence-electron chi connectivity index (χ1n) is 6.99. The van der Waals surface area contributed by atoms with E-state index in [-0.39, 0.29) is 11.3 Å². The third-order valence-electron chi connectivity index (χ3n) is 3.54. The van der Waals surface area contributed by atoms with E-state index in [1.54, 1.807) is 32.1 Å². The predicted octanol–water partition coefficient (Wildman–Crippen LogP) is 1.70. The summed E-state index contributed by atoms with van der Waals surface area (Å²) in [4.78, 5) is 25.9. The number of nitro groups is 1. The number of pyridine rings is 1. The molecule has 1 aliphatic carbocycles. The van der Waals surface area contributed by atoms with E-state index in [2.05, 4.69) is 11.1 Å². The second-order valence-electron chi connectivity index (χ2n) is 4.89. The highest BCUT2D eigenvalue weighted by Crippen LogP contribution is 2.24. The van der Waals surface area contributed by atoms with Crippen LogP contribution in [0.4, 0.5) is 0 Å². The highest BCUT2D eigenvalue weighted by atomic mass is 16.6. The summed E-state index contributed by atoms with van der Waals surface area (Å²) in [6, 6.07) is 1.71. The lowest BCUT2D eigenvalue weighted by atomic mass is 10.1. The molecule has 0 amide bonds. The summed E-state index contributed by atoms with van der Waals surface area (Å²) in [5, 5.41) is 12.0. The maximum Gasteiger partial charge on any atom is 0.277 e. The van der Waals surface area contributed by atoms with Gasteiger partial charge in [0.05, 0.1) is 10.1 Å². The van der Waals surface area contributed by atoms with E-state index in [9.17, 15) is 14.9 Å². The van der Waals surface area contributed by atoms with Crippen LogP contribution in [0, 0.1) is 10.1 Å². The molecule has 0 saturated carbocycles. The maximum atomic E-state index is 12.2. The summed E-state index contributed by atoms with van der Waals surface area (Å²) in [5.41, 5.74) is 1.39. The van der Waals surface area contributed by atoms with Gasteiger partial charge in [-0.2, -0.15) is 0 Å². The predicted molar refractivity (Wildman–Crippen MR) is 83.5 cm³/mol. The monoisotopic (exact) mass is 286 g/mol. The van der Waals surface area contributed by atoms with Gasteiger partial charge in [-0.1, -0.05) is 18.2 Å². The lowest BCUT2D eigenvalue weighted by Crippen LogP contribution is -2.43. The van der Waals surface area contributed by atoms with Crippen molar-refractivity contribution >= 4 is 17.3 Å². The molecule has 1 aliphatic rings. The minimum atomic E-state index is -0.450. The van der Waals surface area contributed by atoms with Gasteiger partial charge in [-0.3, -0.25) is 14.9 Å². The van der Waals surface area contributed by atoms with Gasteiger partial charge < -0.3 is 4.98 Å². The van der Waals surface area contributed by atoms with Crippen LogP contribution in [0.3, 0.4) is 0 Å². The maximum absolute atomic E-state index is 12.2. The SMILES string of the molecule is C\C=C/C(=c1/cc(C2=CCCC2)[nH]c(=O)/c1=C/C)[N+](=O)[O-]. The Morgan fingerprint density at radius 1 is 1.43 bits per heavy atom. The van der Waals surface area contributed by atoms with Gasteiger partial charge in [0.15, 0.2) is 0 Å². The van der Waals surface area contributed by atoms with Gasteiger partial charge in [-0.15, -0.1) is 0 Å². The molecule has 110 valence electrons. The van der Waals surface area contributed by atoms with E-state index in [1.807, 2.05) is 0 Å². The van der Waals surface area contributed by atoms with Crippen molar-refractivity contribution in [2.45, 2.75) is 33.1 Å². The van der Waals surface area contributed by atoms with Crippen molar-refractivity contribution in [3.05, 3.63) is 60.9 Å². The van der Waals surface area contributed by atoms with Crippen molar-refractivity contribution in [2.75, 3.05) is 0 Å². The van der Waals surface area contributed by atoms with E-state index >= 15 is 0 Å². The summed E-state index contributed by atoms with van der Waals surface area (Å²) in [6.07, 6.45) is 9.63. The minimum Gasteiger partial charge on any atom is -0.322 e. The Hall–Kier alpha value is -2.43. The number of hydrogen-bond donors (Lipinski definition) is 1. The van der Waals surface area contributed by atoms with Gasteiger partial charge in [0.1, 0.15) is 0 Å². The molecule has 0 fully saturated rings. The Morgan fingerprint density at radius 3 is 2.71 bits per heavy atom. The van der Waals surface area contributed by atoms with Gasteiger partial charge in [-0.25, -0.2) is 0 Å². The molecule has 1 aromatic heterocycles. The molecule has 0 bridgehead atoms. The van der Waals surface area contributed by atoms with Crippen molar-refractivity contribution in [1.82, 2.24) is 4.98 Å². The molecule has 1 N–H and O–H groups in total. The summed E-state index contributed by atoms with van der Waals surface area (Å²) < 4.78 is 0. The van der Waals surface area contributed by atoms with Crippen LogP contribution in [0.1, 0.15) is 38.8 Å². The van der Waals surface area contributed by atoms with Crippen LogP contribution in [0.25, 0.3) is 17.3 Å². The molecule has 1 heterocycles. The van der Waals surface area contributed by atoms with Crippen LogP contribution in [-0.2, 0) is 0 Å². The largest absolute Gasteiger partial charge is 0.322 e. The molecule has 0 aliphatic heterocycles. The van der Waals surface area contributed by atoms with Crippen LogP contribution in [0.15, 0.2) is 29.1 Å². The molecule has 5 nitrogen and oxygen atoms in total. The molecule has 5 heteroatoms. The second-order valence-corrected chi connectivity index (χ2v) is 4.89. The zero-order valence-electron chi connectivity index (χ0n) is 12.2. The second kappa shape index (κ2) is 6.35. The Labute approximate surface area is 122 Å². The number of aromatic amines is 1. The molecule has 0 unspecified atom stereocenters. The summed E-state index contributed by atoms with van der Waals surface area (Å²) in [7, 11) is 0. The Balaban J connectivity index is 2.89. The number of H-pyrrole nitrogens is 1. The smallest absolute Gasteiger partial charge is 0.277 e. The molecule has 0 saturated heterocycles. The average Bonchev–Trinajstić information content (AvgIpc) is 2.97. The first-order chi connectivity index (χ1) is 10.1. The molecule has 0 spiro atoms. The normalized spacial score (nSPS) is 17.2. The zero-order valence-corrected chi connectivity index (χ0v) is 12.2. The third kappa shape index (κ3) is 3.02. The number of nitrogens with zero attached hydrogens (tertiary/aromatic N) is 1. The fourth-order valence-electron chi connectivity index (χ4n) is 2.56. The van der Waals surface area contributed by atoms with E-state index in [1.165, 1.54) is 6.08 Å². The molecule has 0 aromatic carbocycles. The zero-order chi connectivity index (χ0) is 15.4. The standard InChI is InChI=1S/C16H18N2O3/c1-3-7-15(18(20)21)13-10-14(11-8-5-6-9-11)17-16(19)12(13)4-2/h3-4,7-8,10H,5-6,9H2,1-2H3,(H,17,19)/b7-3-,12-4+,15-13+. The summed E-state index contributed by atoms with van der Waals surface area (Å²) in [6.45, 7) is 3.42. The number of allylic oxidation sites excluding steroid dienone is 3. The topological polar surface area (TPSA) is 76.0 Å². The van der Waals surface area contributed by atoms with Crippen LogP contribution >= 0.6 is 0 Å². The molecule has 0 atom stereocenters.